The molecule has 0 aromatic heterocycles. The Morgan fingerprint density at radius 2 is 2.17 bits per heavy atom. The molecule has 0 saturated carbocycles. The number of ether oxygens (including phenoxy) is 2. The van der Waals surface area contributed by atoms with Crippen molar-refractivity contribution in [2.45, 2.75) is 12.5 Å². The summed E-state index contributed by atoms with van der Waals surface area (Å²) < 4.78 is 10.2. The second kappa shape index (κ2) is 5.46. The Bertz CT molecular complexity index is 439. The van der Waals surface area contributed by atoms with Gasteiger partial charge >= 0.3 is 6.09 Å². The number of anilines is 1. The molecule has 7 nitrogen and oxygen atoms in total. The van der Waals surface area contributed by atoms with Crippen LogP contribution in [0, 0.1) is 10.1 Å². The zero-order chi connectivity index (χ0) is 13.0. The highest BCUT2D eigenvalue weighted by Crippen LogP contribution is 2.16. The molecule has 1 atom stereocenters. The van der Waals surface area contributed by atoms with Gasteiger partial charge in [0, 0.05) is 24.2 Å². The summed E-state index contributed by atoms with van der Waals surface area (Å²) in [5, 5.41) is 12.9. The van der Waals surface area contributed by atoms with Gasteiger partial charge in [0.2, 0.25) is 0 Å². The summed E-state index contributed by atoms with van der Waals surface area (Å²) in [6.07, 6.45) is -0.115. The predicted molar refractivity (Wildman–Crippen MR) is 62.4 cm³/mol. The number of carbonyl (C=O) groups is 1. The van der Waals surface area contributed by atoms with Crippen LogP contribution in [0.3, 0.4) is 0 Å². The fourth-order valence-electron chi connectivity index (χ4n) is 1.57. The monoisotopic (exact) mass is 252 g/mol. The van der Waals surface area contributed by atoms with Gasteiger partial charge < -0.3 is 9.47 Å². The van der Waals surface area contributed by atoms with Gasteiger partial charge in [0.05, 0.1) is 18.1 Å². The third-order valence-electron chi connectivity index (χ3n) is 2.49. The molecule has 1 fully saturated rings. The average molecular weight is 252 g/mol. The van der Waals surface area contributed by atoms with Gasteiger partial charge in [-0.3, -0.25) is 15.4 Å². The summed E-state index contributed by atoms with van der Waals surface area (Å²) in [7, 11) is 0. The van der Waals surface area contributed by atoms with Crippen LogP contribution in [0.15, 0.2) is 24.3 Å². The molecule has 0 spiro atoms. The van der Waals surface area contributed by atoms with E-state index in [4.69, 9.17) is 9.47 Å². The number of amides is 1. The summed E-state index contributed by atoms with van der Waals surface area (Å²) in [6.45, 7) is 1.00. The number of nitro groups is 1. The van der Waals surface area contributed by atoms with Crippen molar-refractivity contribution in [3.8, 4) is 0 Å². The van der Waals surface area contributed by atoms with Gasteiger partial charge in [0.1, 0.15) is 6.10 Å². The topological polar surface area (TPSA) is 90.7 Å². The number of hydrogen-bond acceptors (Lipinski definition) is 5. The Hall–Kier alpha value is -2.15. The highest BCUT2D eigenvalue weighted by atomic mass is 16.6. The smallest absolute Gasteiger partial charge is 0.411 e. The largest absolute Gasteiger partial charge is 0.443 e. The number of rotatable bonds is 3. The van der Waals surface area contributed by atoms with Gasteiger partial charge in [-0.2, -0.15) is 0 Å². The predicted octanol–water partition coefficient (Wildman–Crippen LogP) is 1.93. The van der Waals surface area contributed by atoms with Crippen LogP contribution in [0.2, 0.25) is 0 Å². The van der Waals surface area contributed by atoms with Crippen LogP contribution in [0.5, 0.6) is 0 Å². The Morgan fingerprint density at radius 1 is 1.44 bits per heavy atom. The lowest BCUT2D eigenvalue weighted by atomic mass is 10.3. The summed E-state index contributed by atoms with van der Waals surface area (Å²) in [5.41, 5.74) is 0.419. The van der Waals surface area contributed by atoms with Crippen LogP contribution in [-0.4, -0.2) is 30.3 Å². The van der Waals surface area contributed by atoms with Crippen LogP contribution in [0.1, 0.15) is 6.42 Å². The molecular weight excluding hydrogens is 240 g/mol. The number of nitro benzene ring substituents is 1. The molecular formula is C11H12N2O5. The Labute approximate surface area is 103 Å². The Kier molecular flexibility index (Phi) is 3.73. The molecule has 1 heterocycles. The fraction of sp³-hybridized carbons (Fsp3) is 0.364. The van der Waals surface area contributed by atoms with E-state index in [1.165, 1.54) is 24.3 Å². The molecule has 0 bridgehead atoms. The maximum atomic E-state index is 11.5. The minimum atomic E-state index is -0.584. The quantitative estimate of drug-likeness (QED) is 0.655. The first-order chi connectivity index (χ1) is 8.65. The molecule has 7 heteroatoms. The number of carbonyl (C=O) groups excluding carboxylic acids is 1. The summed E-state index contributed by atoms with van der Waals surface area (Å²) in [6, 6.07) is 5.53. The molecule has 1 aliphatic rings. The van der Waals surface area contributed by atoms with E-state index in [9.17, 15) is 14.9 Å². The van der Waals surface area contributed by atoms with E-state index in [-0.39, 0.29) is 11.8 Å². The lowest BCUT2D eigenvalue weighted by molar-refractivity contribution is -0.384. The van der Waals surface area contributed by atoms with Crippen molar-refractivity contribution < 1.29 is 19.2 Å². The van der Waals surface area contributed by atoms with Crippen molar-refractivity contribution in [3.05, 3.63) is 34.4 Å². The molecule has 2 rings (SSSR count). The van der Waals surface area contributed by atoms with Crippen molar-refractivity contribution in [3.63, 3.8) is 0 Å². The van der Waals surface area contributed by atoms with Crippen molar-refractivity contribution in [2.24, 2.45) is 0 Å². The number of hydrogen-bond donors (Lipinski definition) is 1. The van der Waals surface area contributed by atoms with E-state index < -0.39 is 11.0 Å². The zero-order valence-electron chi connectivity index (χ0n) is 9.50. The first-order valence-electron chi connectivity index (χ1n) is 5.45. The number of non-ortho nitro benzene ring substituents is 1. The van der Waals surface area contributed by atoms with Gasteiger partial charge in [-0.1, -0.05) is 0 Å². The van der Waals surface area contributed by atoms with Crippen LogP contribution in [0.4, 0.5) is 16.2 Å². The van der Waals surface area contributed by atoms with Crippen LogP contribution >= 0.6 is 0 Å². The van der Waals surface area contributed by atoms with Crippen LogP contribution in [0.25, 0.3) is 0 Å². The molecule has 0 unspecified atom stereocenters. The van der Waals surface area contributed by atoms with E-state index >= 15 is 0 Å². The minimum Gasteiger partial charge on any atom is -0.443 e. The van der Waals surface area contributed by atoms with E-state index in [1.54, 1.807) is 0 Å². The number of nitrogens with zero attached hydrogens (tertiary/aromatic N) is 1. The van der Waals surface area contributed by atoms with Gasteiger partial charge in [0.25, 0.3) is 5.69 Å². The lowest BCUT2D eigenvalue weighted by Gasteiger charge is -2.10. The first-order valence-corrected chi connectivity index (χ1v) is 5.45. The van der Waals surface area contributed by atoms with E-state index in [0.717, 1.165) is 0 Å². The van der Waals surface area contributed by atoms with Crippen molar-refractivity contribution in [1.29, 1.82) is 0 Å². The normalized spacial score (nSPS) is 18.3. The molecule has 0 aliphatic carbocycles. The average Bonchev–Trinajstić information content (AvgIpc) is 2.82. The van der Waals surface area contributed by atoms with Gasteiger partial charge in [0.15, 0.2) is 0 Å². The summed E-state index contributed by atoms with van der Waals surface area (Å²) in [4.78, 5) is 21.4. The molecule has 1 saturated heterocycles. The standard InChI is InChI=1S/C11H12N2O5/c14-11(18-10-5-6-17-7-10)12-8-1-3-9(4-2-8)13(15)16/h1-4,10H,5-7H2,(H,12,14)/t10-/m0/s1. The SMILES string of the molecule is O=C(Nc1ccc([N+](=O)[O-])cc1)O[C@H]1CCOC1. The molecule has 1 aromatic rings. The molecule has 1 aromatic carbocycles. The summed E-state index contributed by atoms with van der Waals surface area (Å²) in [5.74, 6) is 0. The van der Waals surface area contributed by atoms with Gasteiger partial charge in [-0.15, -0.1) is 0 Å². The van der Waals surface area contributed by atoms with E-state index in [2.05, 4.69) is 5.32 Å². The van der Waals surface area contributed by atoms with E-state index in [0.29, 0.717) is 25.3 Å². The van der Waals surface area contributed by atoms with E-state index in [1.807, 2.05) is 0 Å². The molecule has 1 N–H and O–H groups in total. The maximum absolute atomic E-state index is 11.5. The number of benzene rings is 1. The second-order valence-electron chi connectivity index (χ2n) is 3.82. The van der Waals surface area contributed by atoms with Gasteiger partial charge in [-0.25, -0.2) is 4.79 Å². The van der Waals surface area contributed by atoms with Crippen molar-refractivity contribution >= 4 is 17.5 Å². The van der Waals surface area contributed by atoms with Gasteiger partial charge in [-0.05, 0) is 12.1 Å². The van der Waals surface area contributed by atoms with Crippen molar-refractivity contribution in [2.75, 3.05) is 18.5 Å². The maximum Gasteiger partial charge on any atom is 0.411 e. The van der Waals surface area contributed by atoms with Crippen molar-refractivity contribution in [1.82, 2.24) is 0 Å². The Balaban J connectivity index is 1.88. The highest BCUT2D eigenvalue weighted by molar-refractivity contribution is 5.84. The molecule has 96 valence electrons. The number of nitrogens with one attached hydrogen (secondary N) is 1. The second-order valence-corrected chi connectivity index (χ2v) is 3.82. The molecule has 0 radical (unpaired) electrons. The van der Waals surface area contributed by atoms with Crippen LogP contribution in [-0.2, 0) is 9.47 Å². The molecule has 18 heavy (non-hydrogen) atoms. The highest BCUT2D eigenvalue weighted by Gasteiger charge is 2.19. The minimum absolute atomic E-state index is 0.0295. The third-order valence-corrected chi connectivity index (χ3v) is 2.49. The summed E-state index contributed by atoms with van der Waals surface area (Å²) >= 11 is 0. The zero-order valence-corrected chi connectivity index (χ0v) is 9.50. The first kappa shape index (κ1) is 12.3. The third kappa shape index (κ3) is 3.17. The molecule has 1 aliphatic heterocycles. The fourth-order valence-corrected chi connectivity index (χ4v) is 1.57. The van der Waals surface area contributed by atoms with Crippen LogP contribution < -0.4 is 5.32 Å². The molecule has 1 amide bonds. The lowest BCUT2D eigenvalue weighted by Crippen LogP contribution is -2.22. The Morgan fingerprint density at radius 3 is 2.72 bits per heavy atom.